The van der Waals surface area contributed by atoms with Gasteiger partial charge in [0.05, 0.1) is 25.5 Å². The van der Waals surface area contributed by atoms with Crippen LogP contribution in [0.1, 0.15) is 36.8 Å². The quantitative estimate of drug-likeness (QED) is 0.205. The second-order valence-corrected chi connectivity index (χ2v) is 9.94. The molecule has 0 bridgehead atoms. The standard InChI is InChI=1S/C33H34N2O7/c1-33(2,29(32(37)40-5)42-31(36)28(39-4)22-13-7-6-8-14-22)25-16-10-12-18-27(25)41-21-23-19-20-34-30(35-23)24-15-9-11-17-26(24)38-3/h6-20,28-29H,21H2,1-5H3. The molecule has 0 radical (unpaired) electrons. The Morgan fingerprint density at radius 3 is 2.17 bits per heavy atom. The molecule has 2 atom stereocenters. The van der Waals surface area contributed by atoms with Gasteiger partial charge in [-0.15, -0.1) is 0 Å². The van der Waals surface area contributed by atoms with E-state index in [0.717, 1.165) is 5.56 Å². The first kappa shape index (κ1) is 30.2. The van der Waals surface area contributed by atoms with Crippen molar-refractivity contribution in [1.82, 2.24) is 9.97 Å². The maximum atomic E-state index is 13.3. The Kier molecular flexibility index (Phi) is 9.88. The minimum atomic E-state index is -1.29. The van der Waals surface area contributed by atoms with Gasteiger partial charge in [-0.1, -0.05) is 74.5 Å². The van der Waals surface area contributed by atoms with Crippen LogP contribution in [0.15, 0.2) is 91.1 Å². The summed E-state index contributed by atoms with van der Waals surface area (Å²) in [4.78, 5) is 35.3. The summed E-state index contributed by atoms with van der Waals surface area (Å²) in [5, 5.41) is 0. The van der Waals surface area contributed by atoms with Crippen LogP contribution in [-0.4, -0.2) is 49.3 Å². The second kappa shape index (κ2) is 13.7. The van der Waals surface area contributed by atoms with Crippen molar-refractivity contribution in [2.75, 3.05) is 21.3 Å². The molecule has 1 heterocycles. The van der Waals surface area contributed by atoms with Crippen LogP contribution in [0, 0.1) is 0 Å². The van der Waals surface area contributed by atoms with Crippen molar-refractivity contribution in [3.8, 4) is 22.9 Å². The zero-order valence-electron chi connectivity index (χ0n) is 24.3. The van der Waals surface area contributed by atoms with Gasteiger partial charge in [-0.2, -0.15) is 0 Å². The molecule has 0 N–H and O–H groups in total. The summed E-state index contributed by atoms with van der Waals surface area (Å²) in [6, 6.07) is 25.5. The lowest BCUT2D eigenvalue weighted by atomic mass is 9.78. The molecule has 2 unspecified atom stereocenters. The normalized spacial score (nSPS) is 12.6. The summed E-state index contributed by atoms with van der Waals surface area (Å²) in [6.07, 6.45) is -0.650. The summed E-state index contributed by atoms with van der Waals surface area (Å²) >= 11 is 0. The number of carbonyl (C=O) groups is 2. The molecule has 0 amide bonds. The molecule has 218 valence electrons. The number of nitrogens with zero attached hydrogens (tertiary/aromatic N) is 2. The van der Waals surface area contributed by atoms with Crippen molar-refractivity contribution in [2.45, 2.75) is 38.1 Å². The van der Waals surface area contributed by atoms with Crippen LogP contribution in [0.25, 0.3) is 11.4 Å². The Labute approximate surface area is 245 Å². The van der Waals surface area contributed by atoms with Crippen LogP contribution in [0.5, 0.6) is 11.5 Å². The largest absolute Gasteiger partial charge is 0.496 e. The highest BCUT2D eigenvalue weighted by Crippen LogP contribution is 2.37. The third kappa shape index (κ3) is 6.75. The molecule has 42 heavy (non-hydrogen) atoms. The van der Waals surface area contributed by atoms with Gasteiger partial charge in [0.15, 0.2) is 11.9 Å². The first-order chi connectivity index (χ1) is 20.3. The Hall–Kier alpha value is -4.76. The van der Waals surface area contributed by atoms with Crippen molar-refractivity contribution in [3.63, 3.8) is 0 Å². The van der Waals surface area contributed by atoms with Crippen molar-refractivity contribution < 1.29 is 33.3 Å². The third-order valence-electron chi connectivity index (χ3n) is 6.87. The van der Waals surface area contributed by atoms with Crippen LogP contribution in [0.2, 0.25) is 0 Å². The highest BCUT2D eigenvalue weighted by molar-refractivity contribution is 5.83. The number of aromatic nitrogens is 2. The molecule has 9 nitrogen and oxygen atoms in total. The van der Waals surface area contributed by atoms with Crippen LogP contribution < -0.4 is 9.47 Å². The number of ether oxygens (including phenoxy) is 5. The predicted molar refractivity (Wildman–Crippen MR) is 156 cm³/mol. The van der Waals surface area contributed by atoms with Gasteiger partial charge in [-0.3, -0.25) is 0 Å². The van der Waals surface area contributed by atoms with E-state index in [-0.39, 0.29) is 6.61 Å². The van der Waals surface area contributed by atoms with Crippen LogP contribution in [0.4, 0.5) is 0 Å². The molecule has 0 aliphatic heterocycles. The Morgan fingerprint density at radius 2 is 1.48 bits per heavy atom. The molecule has 0 spiro atoms. The molecule has 0 saturated carbocycles. The molecule has 4 rings (SSSR count). The number of esters is 2. The topological polar surface area (TPSA) is 106 Å². The van der Waals surface area contributed by atoms with E-state index in [1.54, 1.807) is 63.6 Å². The van der Waals surface area contributed by atoms with Crippen molar-refractivity contribution in [2.24, 2.45) is 0 Å². The first-order valence-electron chi connectivity index (χ1n) is 13.3. The molecule has 9 heteroatoms. The summed E-state index contributed by atoms with van der Waals surface area (Å²) in [7, 11) is 4.26. The number of methoxy groups -OCH3 is 3. The SMILES string of the molecule is COC(=O)C(OC(=O)C(OC)c1ccccc1)C(C)(C)c1ccccc1OCc1ccnc(-c2ccccc2OC)n1. The van der Waals surface area contributed by atoms with Gasteiger partial charge >= 0.3 is 11.9 Å². The highest BCUT2D eigenvalue weighted by Gasteiger charge is 2.43. The lowest BCUT2D eigenvalue weighted by Gasteiger charge is -2.34. The maximum absolute atomic E-state index is 13.3. The first-order valence-corrected chi connectivity index (χ1v) is 13.3. The fourth-order valence-electron chi connectivity index (χ4n) is 4.62. The number of rotatable bonds is 12. The average molecular weight is 571 g/mol. The van der Waals surface area contributed by atoms with Crippen molar-refractivity contribution in [3.05, 3.63) is 108 Å². The summed E-state index contributed by atoms with van der Waals surface area (Å²) in [5.74, 6) is 0.245. The molecule has 3 aromatic carbocycles. The number of carbonyl (C=O) groups excluding carboxylic acids is 2. The Bertz CT molecular complexity index is 1510. The van der Waals surface area contributed by atoms with Gasteiger partial charge in [0.25, 0.3) is 0 Å². The third-order valence-corrected chi connectivity index (χ3v) is 6.87. The van der Waals surface area contributed by atoms with Crippen LogP contribution >= 0.6 is 0 Å². The summed E-state index contributed by atoms with van der Waals surface area (Å²) in [5.41, 5.74) is 1.59. The van der Waals surface area contributed by atoms with Crippen molar-refractivity contribution in [1.29, 1.82) is 0 Å². The van der Waals surface area contributed by atoms with Gasteiger partial charge < -0.3 is 23.7 Å². The molecule has 0 saturated heterocycles. The van der Waals surface area contributed by atoms with Gasteiger partial charge in [0.2, 0.25) is 6.10 Å². The van der Waals surface area contributed by atoms with Crippen molar-refractivity contribution >= 4 is 11.9 Å². The fraction of sp³-hybridized carbons (Fsp3) is 0.273. The molecule has 1 aromatic heterocycles. The van der Waals surface area contributed by atoms with Gasteiger partial charge in [-0.25, -0.2) is 19.6 Å². The minimum Gasteiger partial charge on any atom is -0.496 e. The monoisotopic (exact) mass is 570 g/mol. The molecule has 0 aliphatic rings. The highest BCUT2D eigenvalue weighted by atomic mass is 16.6. The van der Waals surface area contributed by atoms with E-state index in [1.165, 1.54) is 14.2 Å². The lowest BCUT2D eigenvalue weighted by molar-refractivity contribution is -0.177. The molecular weight excluding hydrogens is 536 g/mol. The number of hydrogen-bond donors (Lipinski definition) is 0. The second-order valence-electron chi connectivity index (χ2n) is 9.94. The summed E-state index contributed by atoms with van der Waals surface area (Å²) < 4.78 is 28.0. The van der Waals surface area contributed by atoms with Crippen LogP contribution in [0.3, 0.4) is 0 Å². The number of hydrogen-bond acceptors (Lipinski definition) is 9. The molecule has 0 fully saturated rings. The van der Waals surface area contributed by atoms with Gasteiger partial charge in [0.1, 0.15) is 18.1 Å². The number of benzene rings is 3. The van der Waals surface area contributed by atoms with Gasteiger partial charge in [0, 0.05) is 24.3 Å². The van der Waals surface area contributed by atoms with E-state index in [9.17, 15) is 9.59 Å². The zero-order chi connectivity index (χ0) is 30.1. The maximum Gasteiger partial charge on any atom is 0.348 e. The zero-order valence-corrected chi connectivity index (χ0v) is 24.3. The van der Waals surface area contributed by atoms with E-state index >= 15 is 0 Å². The van der Waals surface area contributed by atoms with E-state index in [4.69, 9.17) is 23.7 Å². The number of para-hydroxylation sites is 2. The van der Waals surface area contributed by atoms with Gasteiger partial charge in [-0.05, 0) is 29.8 Å². The van der Waals surface area contributed by atoms with E-state index in [0.29, 0.717) is 34.1 Å². The summed E-state index contributed by atoms with van der Waals surface area (Å²) in [6.45, 7) is 3.71. The minimum absolute atomic E-state index is 0.125. The van der Waals surface area contributed by atoms with E-state index in [1.807, 2.05) is 48.5 Å². The lowest BCUT2D eigenvalue weighted by Crippen LogP contribution is -2.45. The Morgan fingerprint density at radius 1 is 0.810 bits per heavy atom. The smallest absolute Gasteiger partial charge is 0.348 e. The molecule has 0 aliphatic carbocycles. The average Bonchev–Trinajstić information content (AvgIpc) is 3.03. The van der Waals surface area contributed by atoms with E-state index < -0.39 is 29.6 Å². The predicted octanol–water partition coefficient (Wildman–Crippen LogP) is 5.48. The molecular formula is C33H34N2O7. The van der Waals surface area contributed by atoms with E-state index in [2.05, 4.69) is 9.97 Å². The molecule has 4 aromatic rings. The Balaban J connectivity index is 1.59. The fourth-order valence-corrected chi connectivity index (χ4v) is 4.62. The van der Waals surface area contributed by atoms with Crippen LogP contribution in [-0.2, 0) is 35.8 Å².